The molecule has 0 aromatic rings. The van der Waals surface area contributed by atoms with Gasteiger partial charge in [-0.25, -0.2) is 0 Å². The smallest absolute Gasteiger partial charge is 0.300 e. The normalized spacial score (nSPS) is 8.70. The minimum absolute atomic E-state index is 0.833. The van der Waals surface area contributed by atoms with E-state index in [9.17, 15) is 0 Å². The minimum atomic E-state index is -1.15. The highest BCUT2D eigenvalue weighted by molar-refractivity contribution is 5.62. The molecule has 4 heteroatoms. The van der Waals surface area contributed by atoms with Crippen LogP contribution in [0, 0.1) is 11.3 Å². The summed E-state index contributed by atoms with van der Waals surface area (Å²) < 4.78 is 0. The summed E-state index contributed by atoms with van der Waals surface area (Å²) in [4.78, 5) is 9.00. The van der Waals surface area contributed by atoms with Gasteiger partial charge in [0.25, 0.3) is 5.97 Å². The summed E-state index contributed by atoms with van der Waals surface area (Å²) in [7, 11) is 0. The fourth-order valence-corrected chi connectivity index (χ4v) is 0. The second-order valence-electron chi connectivity index (χ2n) is 2.19. The lowest BCUT2D eigenvalue weighted by atomic mass is 10.2. The number of hydrogen-bond donors (Lipinski definition) is 2. The summed E-state index contributed by atoms with van der Waals surface area (Å²) in [5, 5.41) is 23.8. The van der Waals surface area contributed by atoms with Crippen molar-refractivity contribution in [2.24, 2.45) is 0 Å². The van der Waals surface area contributed by atoms with Crippen LogP contribution < -0.4 is 0 Å². The fourth-order valence-electron chi connectivity index (χ4n) is 0. The number of carboxylic acids is 1. The molecule has 0 aliphatic carbocycles. The van der Waals surface area contributed by atoms with Crippen molar-refractivity contribution in [1.29, 1.82) is 5.26 Å². The van der Waals surface area contributed by atoms with Crippen molar-refractivity contribution >= 4 is 5.97 Å². The van der Waals surface area contributed by atoms with Gasteiger partial charge in [-0.1, -0.05) is 0 Å². The second kappa shape index (κ2) is 4.77. The van der Waals surface area contributed by atoms with Crippen molar-refractivity contribution in [3.8, 4) is 6.07 Å². The third-order valence-electron chi connectivity index (χ3n) is 0.274. The van der Waals surface area contributed by atoms with Crippen LogP contribution in [0.15, 0.2) is 0 Å². The highest BCUT2D eigenvalue weighted by Gasteiger charge is 2.07. The molecule has 0 aromatic carbocycles. The van der Waals surface area contributed by atoms with E-state index < -0.39 is 11.6 Å². The highest BCUT2D eigenvalue weighted by Crippen LogP contribution is 1.93. The Kier molecular flexibility index (Phi) is 5.57. The van der Waals surface area contributed by atoms with Gasteiger partial charge in [0.1, 0.15) is 5.60 Å². The van der Waals surface area contributed by atoms with Crippen LogP contribution in [0.2, 0.25) is 0 Å². The van der Waals surface area contributed by atoms with Gasteiger partial charge in [0.15, 0.2) is 0 Å². The third kappa shape index (κ3) is 65.8. The van der Waals surface area contributed by atoms with Gasteiger partial charge in [-0.3, -0.25) is 4.79 Å². The molecule has 0 bridgehead atoms. The second-order valence-corrected chi connectivity index (χ2v) is 2.19. The van der Waals surface area contributed by atoms with Gasteiger partial charge in [0, 0.05) is 6.92 Å². The number of aliphatic hydroxyl groups is 1. The van der Waals surface area contributed by atoms with Crippen LogP contribution in [0.1, 0.15) is 20.8 Å². The predicted octanol–water partition coefficient (Wildman–Crippen LogP) is 0.372. The molecule has 2 N–H and O–H groups in total. The molecule has 0 saturated carbocycles. The first-order valence-corrected chi connectivity index (χ1v) is 2.62. The van der Waals surface area contributed by atoms with Crippen LogP contribution in [0.25, 0.3) is 0 Å². The first-order valence-electron chi connectivity index (χ1n) is 2.62. The standard InChI is InChI=1S/C4H7NO.C2H4O2/c1-4(2,6)3-5;1-2(3)4/h6H,1-2H3;1H3,(H,3,4). The summed E-state index contributed by atoms with van der Waals surface area (Å²) in [5.74, 6) is -0.833. The van der Waals surface area contributed by atoms with E-state index in [1.165, 1.54) is 13.8 Å². The number of hydrogen-bond acceptors (Lipinski definition) is 3. The van der Waals surface area contributed by atoms with Crippen molar-refractivity contribution < 1.29 is 15.0 Å². The van der Waals surface area contributed by atoms with E-state index in [0.29, 0.717) is 0 Å². The number of nitriles is 1. The summed E-state index contributed by atoms with van der Waals surface area (Å²) in [6, 6.07) is 1.66. The van der Waals surface area contributed by atoms with E-state index in [2.05, 4.69) is 0 Å². The molecule has 0 atom stereocenters. The van der Waals surface area contributed by atoms with E-state index >= 15 is 0 Å². The lowest BCUT2D eigenvalue weighted by molar-refractivity contribution is -0.134. The molecule has 0 aliphatic rings. The van der Waals surface area contributed by atoms with Crippen molar-refractivity contribution in [3.63, 3.8) is 0 Å². The zero-order valence-electron chi connectivity index (χ0n) is 6.25. The SMILES string of the molecule is CC(=O)O.CC(C)(O)C#N. The van der Waals surface area contributed by atoms with Crippen LogP contribution in [-0.2, 0) is 4.79 Å². The minimum Gasteiger partial charge on any atom is -0.481 e. The van der Waals surface area contributed by atoms with Crippen LogP contribution >= 0.6 is 0 Å². The molecular weight excluding hydrogens is 134 g/mol. The Bertz CT molecular complexity index is 136. The van der Waals surface area contributed by atoms with Crippen LogP contribution in [0.3, 0.4) is 0 Å². The van der Waals surface area contributed by atoms with Gasteiger partial charge in [0.05, 0.1) is 6.07 Å². The topological polar surface area (TPSA) is 81.3 Å². The summed E-state index contributed by atoms with van der Waals surface area (Å²) >= 11 is 0. The van der Waals surface area contributed by atoms with Gasteiger partial charge >= 0.3 is 0 Å². The summed E-state index contributed by atoms with van der Waals surface area (Å²) in [6.07, 6.45) is 0. The zero-order chi connectivity index (χ0) is 8.78. The number of aliphatic carboxylic acids is 1. The number of nitrogens with zero attached hydrogens (tertiary/aromatic N) is 1. The van der Waals surface area contributed by atoms with Gasteiger partial charge in [-0.05, 0) is 13.8 Å². The molecule has 0 unspecified atom stereocenters. The van der Waals surface area contributed by atoms with Gasteiger partial charge in [-0.2, -0.15) is 5.26 Å². The first kappa shape index (κ1) is 11.7. The average Bonchev–Trinajstić information content (AvgIpc) is 1.63. The Morgan fingerprint density at radius 3 is 1.70 bits per heavy atom. The Balaban J connectivity index is 0. The Labute approximate surface area is 59.7 Å². The van der Waals surface area contributed by atoms with Crippen LogP contribution in [0.5, 0.6) is 0 Å². The lowest BCUT2D eigenvalue weighted by Crippen LogP contribution is -2.13. The first-order chi connectivity index (χ1) is 4.29. The summed E-state index contributed by atoms with van der Waals surface area (Å²) in [5.41, 5.74) is -1.15. The fraction of sp³-hybridized carbons (Fsp3) is 0.667. The zero-order valence-corrected chi connectivity index (χ0v) is 6.25. The van der Waals surface area contributed by atoms with Crippen molar-refractivity contribution in [1.82, 2.24) is 0 Å². The Morgan fingerprint density at radius 2 is 1.70 bits per heavy atom. The maximum Gasteiger partial charge on any atom is 0.300 e. The van der Waals surface area contributed by atoms with E-state index in [1.807, 2.05) is 0 Å². The van der Waals surface area contributed by atoms with Crippen LogP contribution in [-0.4, -0.2) is 21.8 Å². The van der Waals surface area contributed by atoms with Crippen molar-refractivity contribution in [3.05, 3.63) is 0 Å². The van der Waals surface area contributed by atoms with E-state index in [-0.39, 0.29) is 0 Å². The van der Waals surface area contributed by atoms with E-state index in [1.54, 1.807) is 6.07 Å². The largest absolute Gasteiger partial charge is 0.481 e. The Hall–Kier alpha value is -1.08. The number of carbonyl (C=O) groups is 1. The molecule has 4 nitrogen and oxygen atoms in total. The predicted molar refractivity (Wildman–Crippen MR) is 35.2 cm³/mol. The molecule has 0 aliphatic heterocycles. The molecule has 58 valence electrons. The molecule has 10 heavy (non-hydrogen) atoms. The molecule has 0 aromatic heterocycles. The molecule has 0 rings (SSSR count). The average molecular weight is 145 g/mol. The third-order valence-corrected chi connectivity index (χ3v) is 0.274. The van der Waals surface area contributed by atoms with Gasteiger partial charge < -0.3 is 10.2 Å². The van der Waals surface area contributed by atoms with Crippen molar-refractivity contribution in [2.75, 3.05) is 0 Å². The molecule has 0 spiro atoms. The molecule has 0 amide bonds. The van der Waals surface area contributed by atoms with Crippen LogP contribution in [0.4, 0.5) is 0 Å². The highest BCUT2D eigenvalue weighted by atomic mass is 16.4. The number of rotatable bonds is 0. The van der Waals surface area contributed by atoms with Gasteiger partial charge in [0.2, 0.25) is 0 Å². The van der Waals surface area contributed by atoms with E-state index in [4.69, 9.17) is 20.3 Å². The maximum atomic E-state index is 9.00. The monoisotopic (exact) mass is 145 g/mol. The molecule has 0 heterocycles. The van der Waals surface area contributed by atoms with Crippen molar-refractivity contribution in [2.45, 2.75) is 26.4 Å². The molecule has 0 fully saturated rings. The van der Waals surface area contributed by atoms with Gasteiger partial charge in [-0.15, -0.1) is 0 Å². The number of carboxylic acid groups (broad SMARTS) is 1. The molecule has 0 saturated heterocycles. The summed E-state index contributed by atoms with van der Waals surface area (Å²) in [6.45, 7) is 3.96. The lowest BCUT2D eigenvalue weighted by Gasteiger charge is -2.00. The molecular formula is C6H11NO3. The quantitative estimate of drug-likeness (QED) is 0.482. The molecule has 0 radical (unpaired) electrons. The van der Waals surface area contributed by atoms with E-state index in [0.717, 1.165) is 6.92 Å². The maximum absolute atomic E-state index is 9.00. The Morgan fingerprint density at radius 1 is 1.60 bits per heavy atom.